The molecule has 0 saturated carbocycles. The van der Waals surface area contributed by atoms with Gasteiger partial charge < -0.3 is 10.6 Å². The van der Waals surface area contributed by atoms with Gasteiger partial charge in [-0.25, -0.2) is 0 Å². The van der Waals surface area contributed by atoms with Crippen LogP contribution in [0.1, 0.15) is 52.7 Å². The van der Waals surface area contributed by atoms with Gasteiger partial charge in [-0.05, 0) is 46.9 Å². The Morgan fingerprint density at radius 1 is 0.931 bits per heavy atom. The molecule has 2 amide bonds. The minimum absolute atomic E-state index is 0.119. The summed E-state index contributed by atoms with van der Waals surface area (Å²) < 4.78 is 0. The summed E-state index contributed by atoms with van der Waals surface area (Å²) in [5.41, 5.74) is 3.15. The van der Waals surface area contributed by atoms with E-state index in [1.54, 1.807) is 18.5 Å². The Bertz CT molecular complexity index is 1010. The summed E-state index contributed by atoms with van der Waals surface area (Å²) in [4.78, 5) is 33.3. The van der Waals surface area contributed by atoms with Gasteiger partial charge in [0.25, 0.3) is 11.8 Å². The molecule has 0 aliphatic heterocycles. The molecular formula is C23H24N4O2. The van der Waals surface area contributed by atoms with Gasteiger partial charge in [-0.1, -0.05) is 39.0 Å². The van der Waals surface area contributed by atoms with Crippen LogP contribution in [-0.4, -0.2) is 21.8 Å². The van der Waals surface area contributed by atoms with E-state index in [0.717, 1.165) is 16.8 Å². The zero-order chi connectivity index (χ0) is 20.9. The van der Waals surface area contributed by atoms with Gasteiger partial charge in [0.1, 0.15) is 5.69 Å². The van der Waals surface area contributed by atoms with Crippen molar-refractivity contribution in [1.82, 2.24) is 15.3 Å². The van der Waals surface area contributed by atoms with E-state index >= 15 is 0 Å². The van der Waals surface area contributed by atoms with Crippen LogP contribution in [0, 0.1) is 0 Å². The lowest BCUT2D eigenvalue weighted by atomic mass is 9.86. The SMILES string of the molecule is CC(C)(C)c1ccccc1NC(=O)c1cc(C(=O)NCc2ccncc2)ccn1. The number of para-hydroxylation sites is 1. The van der Waals surface area contributed by atoms with Crippen molar-refractivity contribution in [3.63, 3.8) is 0 Å². The van der Waals surface area contributed by atoms with E-state index in [-0.39, 0.29) is 22.9 Å². The Balaban J connectivity index is 1.72. The maximum atomic E-state index is 12.7. The molecule has 2 N–H and O–H groups in total. The van der Waals surface area contributed by atoms with Crippen molar-refractivity contribution in [3.05, 3.63) is 89.5 Å². The maximum absolute atomic E-state index is 12.7. The molecule has 3 aromatic rings. The van der Waals surface area contributed by atoms with Gasteiger partial charge in [0.15, 0.2) is 0 Å². The molecule has 148 valence electrons. The minimum atomic E-state index is -0.356. The van der Waals surface area contributed by atoms with Gasteiger partial charge in [0.05, 0.1) is 0 Å². The molecule has 0 unspecified atom stereocenters. The predicted molar refractivity (Wildman–Crippen MR) is 113 cm³/mol. The topological polar surface area (TPSA) is 84.0 Å². The third kappa shape index (κ3) is 5.25. The smallest absolute Gasteiger partial charge is 0.274 e. The highest BCUT2D eigenvalue weighted by atomic mass is 16.2. The van der Waals surface area contributed by atoms with Crippen molar-refractivity contribution in [1.29, 1.82) is 0 Å². The number of nitrogens with zero attached hydrogens (tertiary/aromatic N) is 2. The van der Waals surface area contributed by atoms with Gasteiger partial charge in [0.2, 0.25) is 0 Å². The lowest BCUT2D eigenvalue weighted by Gasteiger charge is -2.22. The number of nitrogens with one attached hydrogen (secondary N) is 2. The molecule has 0 radical (unpaired) electrons. The maximum Gasteiger partial charge on any atom is 0.274 e. The predicted octanol–water partition coefficient (Wildman–Crippen LogP) is 3.96. The molecule has 0 aliphatic carbocycles. The quantitative estimate of drug-likeness (QED) is 0.693. The molecule has 0 bridgehead atoms. The number of amides is 2. The summed E-state index contributed by atoms with van der Waals surface area (Å²) in [7, 11) is 0. The van der Waals surface area contributed by atoms with Gasteiger partial charge in [-0.15, -0.1) is 0 Å². The zero-order valence-corrected chi connectivity index (χ0v) is 16.8. The summed E-state index contributed by atoms with van der Waals surface area (Å²) >= 11 is 0. The molecule has 29 heavy (non-hydrogen) atoms. The first-order valence-corrected chi connectivity index (χ1v) is 9.38. The third-order valence-corrected chi connectivity index (χ3v) is 4.44. The minimum Gasteiger partial charge on any atom is -0.348 e. The first-order chi connectivity index (χ1) is 13.8. The van der Waals surface area contributed by atoms with E-state index in [0.29, 0.717) is 12.1 Å². The highest BCUT2D eigenvalue weighted by molar-refractivity contribution is 6.05. The van der Waals surface area contributed by atoms with Crippen LogP contribution in [-0.2, 0) is 12.0 Å². The number of hydrogen-bond acceptors (Lipinski definition) is 4. The molecule has 0 atom stereocenters. The standard InChI is InChI=1S/C23H24N4O2/c1-23(2,3)18-6-4-5-7-19(18)27-22(29)20-14-17(10-13-25-20)21(28)26-15-16-8-11-24-12-9-16/h4-14H,15H2,1-3H3,(H,26,28)(H,27,29). The fourth-order valence-electron chi connectivity index (χ4n) is 2.91. The second-order valence-electron chi connectivity index (χ2n) is 7.72. The van der Waals surface area contributed by atoms with Gasteiger partial charge >= 0.3 is 0 Å². The largest absolute Gasteiger partial charge is 0.348 e. The highest BCUT2D eigenvalue weighted by Crippen LogP contribution is 2.29. The molecule has 3 rings (SSSR count). The van der Waals surface area contributed by atoms with Crippen LogP contribution in [0.2, 0.25) is 0 Å². The first-order valence-electron chi connectivity index (χ1n) is 9.38. The number of pyridine rings is 2. The Kier molecular flexibility index (Phi) is 6.02. The molecule has 0 fully saturated rings. The van der Waals surface area contributed by atoms with E-state index in [1.165, 1.54) is 12.3 Å². The van der Waals surface area contributed by atoms with Crippen molar-refractivity contribution >= 4 is 17.5 Å². The number of aromatic nitrogens is 2. The van der Waals surface area contributed by atoms with Gasteiger partial charge in [-0.3, -0.25) is 19.6 Å². The first kappa shape index (κ1) is 20.2. The normalized spacial score (nSPS) is 11.0. The molecule has 0 saturated heterocycles. The van der Waals surface area contributed by atoms with Crippen LogP contribution < -0.4 is 10.6 Å². The summed E-state index contributed by atoms with van der Waals surface area (Å²) in [5, 5.41) is 5.75. The monoisotopic (exact) mass is 388 g/mol. The van der Waals surface area contributed by atoms with Crippen LogP contribution in [0.5, 0.6) is 0 Å². The third-order valence-electron chi connectivity index (χ3n) is 4.44. The second kappa shape index (κ2) is 8.65. The van der Waals surface area contributed by atoms with E-state index in [2.05, 4.69) is 41.4 Å². The summed E-state index contributed by atoms with van der Waals surface area (Å²) in [6.07, 6.45) is 4.81. The number of carbonyl (C=O) groups excluding carboxylic acids is 2. The molecule has 2 heterocycles. The van der Waals surface area contributed by atoms with Crippen LogP contribution in [0.3, 0.4) is 0 Å². The van der Waals surface area contributed by atoms with Gasteiger partial charge in [-0.2, -0.15) is 0 Å². The van der Waals surface area contributed by atoms with E-state index in [1.807, 2.05) is 36.4 Å². The number of anilines is 1. The summed E-state index contributed by atoms with van der Waals surface area (Å²) in [6.45, 7) is 6.64. The van der Waals surface area contributed by atoms with Crippen LogP contribution in [0.15, 0.2) is 67.1 Å². The molecular weight excluding hydrogens is 364 g/mol. The van der Waals surface area contributed by atoms with Crippen LogP contribution >= 0.6 is 0 Å². The van der Waals surface area contributed by atoms with Crippen molar-refractivity contribution in [2.45, 2.75) is 32.7 Å². The molecule has 0 spiro atoms. The average Bonchev–Trinajstić information content (AvgIpc) is 2.72. The average molecular weight is 388 g/mol. The molecule has 6 heteroatoms. The number of hydrogen-bond donors (Lipinski definition) is 2. The van der Waals surface area contributed by atoms with E-state index < -0.39 is 0 Å². The number of benzene rings is 1. The van der Waals surface area contributed by atoms with E-state index in [9.17, 15) is 9.59 Å². The summed E-state index contributed by atoms with van der Waals surface area (Å²) in [5.74, 6) is -0.626. The highest BCUT2D eigenvalue weighted by Gasteiger charge is 2.19. The van der Waals surface area contributed by atoms with Crippen molar-refractivity contribution in [2.75, 3.05) is 5.32 Å². The van der Waals surface area contributed by atoms with Crippen LogP contribution in [0.4, 0.5) is 5.69 Å². The van der Waals surface area contributed by atoms with Crippen molar-refractivity contribution < 1.29 is 9.59 Å². The lowest BCUT2D eigenvalue weighted by Crippen LogP contribution is -2.24. The number of rotatable bonds is 5. The molecule has 2 aromatic heterocycles. The summed E-state index contributed by atoms with van der Waals surface area (Å²) in [6, 6.07) is 14.4. The Hall–Kier alpha value is -3.54. The van der Waals surface area contributed by atoms with E-state index in [4.69, 9.17) is 0 Å². The Labute approximate surface area is 170 Å². The molecule has 0 aliphatic rings. The van der Waals surface area contributed by atoms with Crippen molar-refractivity contribution in [3.8, 4) is 0 Å². The zero-order valence-electron chi connectivity index (χ0n) is 16.8. The van der Waals surface area contributed by atoms with Gasteiger partial charge in [0, 0.05) is 36.4 Å². The second-order valence-corrected chi connectivity index (χ2v) is 7.72. The van der Waals surface area contributed by atoms with Crippen molar-refractivity contribution in [2.24, 2.45) is 0 Å². The Morgan fingerprint density at radius 2 is 1.66 bits per heavy atom. The number of carbonyl (C=O) groups is 2. The molecule has 6 nitrogen and oxygen atoms in total. The molecule has 1 aromatic carbocycles. The fourth-order valence-corrected chi connectivity index (χ4v) is 2.91. The Morgan fingerprint density at radius 3 is 2.38 bits per heavy atom. The van der Waals surface area contributed by atoms with Crippen LogP contribution in [0.25, 0.3) is 0 Å². The fraction of sp³-hybridized carbons (Fsp3) is 0.217. The lowest BCUT2D eigenvalue weighted by molar-refractivity contribution is 0.0950.